The highest BCUT2D eigenvalue weighted by atomic mass is 32.1. The van der Waals surface area contributed by atoms with Crippen molar-refractivity contribution in [2.24, 2.45) is 0 Å². The largest absolute Gasteiger partial charge is 0.389 e. The van der Waals surface area contributed by atoms with E-state index in [-0.39, 0.29) is 5.92 Å². The number of alkyl halides is 3. The third kappa shape index (κ3) is 4.36. The molecular weight excluding hydrogens is 357 g/mol. The van der Waals surface area contributed by atoms with E-state index >= 15 is 0 Å². The molecule has 0 unspecified atom stereocenters. The van der Waals surface area contributed by atoms with E-state index in [2.05, 4.69) is 0 Å². The molecule has 3 rings (SSSR count). The Kier molecular flexibility index (Phi) is 5.24. The summed E-state index contributed by atoms with van der Waals surface area (Å²) < 4.78 is 36.6. The zero-order valence-corrected chi connectivity index (χ0v) is 14.5. The Bertz CT molecular complexity index is 674. The number of rotatable bonds is 4. The molecule has 24 heavy (non-hydrogen) atoms. The molecule has 2 aromatic rings. The number of hydrogen-bond donors (Lipinski definition) is 0. The molecule has 1 aliphatic rings. The summed E-state index contributed by atoms with van der Waals surface area (Å²) in [6, 6.07) is 4.02. The van der Waals surface area contributed by atoms with Crippen molar-refractivity contribution < 1.29 is 18.0 Å². The van der Waals surface area contributed by atoms with Crippen molar-refractivity contribution in [3.05, 3.63) is 27.9 Å². The summed E-state index contributed by atoms with van der Waals surface area (Å²) in [5, 5.41) is 5.11. The second-order valence-electron chi connectivity index (χ2n) is 5.82. The van der Waals surface area contributed by atoms with E-state index in [4.69, 9.17) is 4.98 Å². The number of aromatic nitrogens is 1. The number of likely N-dealkylation sites (tertiary alicyclic amines) is 1. The summed E-state index contributed by atoms with van der Waals surface area (Å²) in [5.41, 5.74) is 0.980. The summed E-state index contributed by atoms with van der Waals surface area (Å²) >= 11 is 3.27. The Morgan fingerprint density at radius 2 is 2.04 bits per heavy atom. The van der Waals surface area contributed by atoms with Crippen molar-refractivity contribution >= 4 is 28.6 Å². The molecular formula is C16H17F3N2OS2. The van der Waals surface area contributed by atoms with Crippen molar-refractivity contribution in [3.8, 4) is 10.6 Å². The van der Waals surface area contributed by atoms with Crippen LogP contribution in [0.25, 0.3) is 10.6 Å². The fourth-order valence-corrected chi connectivity index (χ4v) is 4.55. The summed E-state index contributed by atoms with van der Waals surface area (Å²) in [6.45, 7) is 1.02. The number of piperidine rings is 1. The lowest BCUT2D eigenvalue weighted by Crippen LogP contribution is -2.38. The fourth-order valence-electron chi connectivity index (χ4n) is 2.80. The number of thiophene rings is 1. The first-order valence-electron chi connectivity index (χ1n) is 7.76. The molecule has 1 saturated heterocycles. The van der Waals surface area contributed by atoms with Crippen LogP contribution in [0.3, 0.4) is 0 Å². The van der Waals surface area contributed by atoms with E-state index in [1.54, 1.807) is 27.6 Å². The zero-order valence-electron chi connectivity index (χ0n) is 12.9. The van der Waals surface area contributed by atoms with Crippen LogP contribution >= 0.6 is 22.7 Å². The Morgan fingerprint density at radius 3 is 2.67 bits per heavy atom. The molecule has 8 heteroatoms. The van der Waals surface area contributed by atoms with Crippen LogP contribution in [-0.4, -0.2) is 35.1 Å². The molecule has 130 valence electrons. The summed E-state index contributed by atoms with van der Waals surface area (Å²) in [4.78, 5) is 19.2. The summed E-state index contributed by atoms with van der Waals surface area (Å²) in [7, 11) is 0. The third-order valence-electron chi connectivity index (χ3n) is 4.11. The lowest BCUT2D eigenvalue weighted by atomic mass is 9.97. The summed E-state index contributed by atoms with van der Waals surface area (Å²) in [5.74, 6) is -0.112. The molecule has 1 aliphatic heterocycles. The standard InChI is InChI=1S/C16H17F3N2OS2/c17-16(18,19)6-3-14(22)21-7-4-11(5-8-21)15-20-12(10-24-15)13-2-1-9-23-13/h1-2,9-11H,3-8H2. The van der Waals surface area contributed by atoms with Gasteiger partial charge in [0.05, 0.1) is 22.0 Å². The highest BCUT2D eigenvalue weighted by Crippen LogP contribution is 2.34. The number of carbonyl (C=O) groups excluding carboxylic acids is 1. The third-order valence-corrected chi connectivity index (χ3v) is 6.01. The Balaban J connectivity index is 1.53. The number of nitrogens with zero attached hydrogens (tertiary/aromatic N) is 2. The van der Waals surface area contributed by atoms with E-state index in [0.717, 1.165) is 28.4 Å². The number of carbonyl (C=O) groups is 1. The van der Waals surface area contributed by atoms with Gasteiger partial charge in [-0.3, -0.25) is 4.79 Å². The second-order valence-corrected chi connectivity index (χ2v) is 7.66. The predicted octanol–water partition coefficient (Wildman–Crippen LogP) is 4.92. The SMILES string of the molecule is O=C(CCC(F)(F)F)N1CCC(c2nc(-c3cccs3)cs2)CC1. The van der Waals surface area contributed by atoms with Gasteiger partial charge in [-0.2, -0.15) is 13.2 Å². The van der Waals surface area contributed by atoms with Gasteiger partial charge >= 0.3 is 6.18 Å². The van der Waals surface area contributed by atoms with Gasteiger partial charge in [0, 0.05) is 30.8 Å². The molecule has 3 heterocycles. The zero-order chi connectivity index (χ0) is 17.2. The van der Waals surface area contributed by atoms with Crippen molar-refractivity contribution in [2.45, 2.75) is 37.8 Å². The maximum absolute atomic E-state index is 12.2. The second kappa shape index (κ2) is 7.23. The van der Waals surface area contributed by atoms with E-state index in [1.165, 1.54) is 0 Å². The van der Waals surface area contributed by atoms with Crippen molar-refractivity contribution in [2.75, 3.05) is 13.1 Å². The number of hydrogen-bond acceptors (Lipinski definition) is 4. The first kappa shape index (κ1) is 17.4. The van der Waals surface area contributed by atoms with Gasteiger partial charge in [-0.25, -0.2) is 4.98 Å². The minimum Gasteiger partial charge on any atom is -0.343 e. The van der Waals surface area contributed by atoms with E-state index in [1.807, 2.05) is 22.9 Å². The quantitative estimate of drug-likeness (QED) is 0.761. The smallest absolute Gasteiger partial charge is 0.343 e. The van der Waals surface area contributed by atoms with Gasteiger partial charge in [0.15, 0.2) is 0 Å². The number of halogens is 3. The molecule has 0 radical (unpaired) electrons. The maximum Gasteiger partial charge on any atom is 0.389 e. The molecule has 0 bridgehead atoms. The molecule has 1 amide bonds. The predicted molar refractivity (Wildman–Crippen MR) is 89.3 cm³/mol. The van der Waals surface area contributed by atoms with Crippen LogP contribution < -0.4 is 0 Å². The highest BCUT2D eigenvalue weighted by Gasteiger charge is 2.31. The van der Waals surface area contributed by atoms with Crippen molar-refractivity contribution in [3.63, 3.8) is 0 Å². The van der Waals surface area contributed by atoms with Crippen LogP contribution in [0.4, 0.5) is 13.2 Å². The van der Waals surface area contributed by atoms with Gasteiger partial charge in [0.1, 0.15) is 0 Å². The van der Waals surface area contributed by atoms with Gasteiger partial charge in [-0.05, 0) is 24.3 Å². The Labute approximate surface area is 146 Å². The molecule has 0 aromatic carbocycles. The number of amides is 1. The topological polar surface area (TPSA) is 33.2 Å². The first-order chi connectivity index (χ1) is 11.4. The van der Waals surface area contributed by atoms with Gasteiger partial charge in [-0.1, -0.05) is 6.07 Å². The van der Waals surface area contributed by atoms with Gasteiger partial charge in [0.25, 0.3) is 0 Å². The van der Waals surface area contributed by atoms with E-state index < -0.39 is 24.9 Å². The average Bonchev–Trinajstić information content (AvgIpc) is 3.23. The molecule has 3 nitrogen and oxygen atoms in total. The molecule has 0 spiro atoms. The normalized spacial score (nSPS) is 16.5. The van der Waals surface area contributed by atoms with Gasteiger partial charge in [-0.15, -0.1) is 22.7 Å². The van der Waals surface area contributed by atoms with Crippen LogP contribution in [-0.2, 0) is 4.79 Å². The lowest BCUT2D eigenvalue weighted by Gasteiger charge is -2.31. The van der Waals surface area contributed by atoms with Crippen LogP contribution in [0.5, 0.6) is 0 Å². The van der Waals surface area contributed by atoms with Crippen LogP contribution in [0.15, 0.2) is 22.9 Å². The fraction of sp³-hybridized carbons (Fsp3) is 0.500. The van der Waals surface area contributed by atoms with Crippen LogP contribution in [0.2, 0.25) is 0 Å². The van der Waals surface area contributed by atoms with Crippen molar-refractivity contribution in [1.82, 2.24) is 9.88 Å². The van der Waals surface area contributed by atoms with E-state index in [9.17, 15) is 18.0 Å². The monoisotopic (exact) mass is 374 g/mol. The van der Waals surface area contributed by atoms with Gasteiger partial charge < -0.3 is 4.90 Å². The lowest BCUT2D eigenvalue weighted by molar-refractivity contribution is -0.149. The first-order valence-corrected chi connectivity index (χ1v) is 9.52. The number of thiazole rings is 1. The van der Waals surface area contributed by atoms with Crippen molar-refractivity contribution in [1.29, 1.82) is 0 Å². The van der Waals surface area contributed by atoms with Crippen LogP contribution in [0.1, 0.15) is 36.6 Å². The van der Waals surface area contributed by atoms with Gasteiger partial charge in [0.2, 0.25) is 5.91 Å². The molecule has 0 N–H and O–H groups in total. The molecule has 0 aliphatic carbocycles. The average molecular weight is 374 g/mol. The Hall–Kier alpha value is -1.41. The molecule has 0 saturated carbocycles. The molecule has 0 atom stereocenters. The summed E-state index contributed by atoms with van der Waals surface area (Å²) in [6.07, 6.45) is -4.24. The Morgan fingerprint density at radius 1 is 1.29 bits per heavy atom. The van der Waals surface area contributed by atoms with Crippen LogP contribution in [0, 0.1) is 0 Å². The molecule has 2 aromatic heterocycles. The molecule has 1 fully saturated rings. The maximum atomic E-state index is 12.2. The minimum absolute atomic E-state index is 0.287. The minimum atomic E-state index is -4.27. The van der Waals surface area contributed by atoms with E-state index in [0.29, 0.717) is 13.1 Å². The highest BCUT2D eigenvalue weighted by molar-refractivity contribution is 7.14.